The van der Waals surface area contributed by atoms with Crippen molar-refractivity contribution in [3.05, 3.63) is 0 Å². The predicted octanol–water partition coefficient (Wildman–Crippen LogP) is 0.295. The van der Waals surface area contributed by atoms with E-state index in [0.717, 1.165) is 19.5 Å². The Morgan fingerprint density at radius 1 is 1.62 bits per heavy atom. The van der Waals surface area contributed by atoms with E-state index in [2.05, 4.69) is 11.8 Å². The standard InChI is InChI=1S/C12H21NO3/c1-9-6-13-5-4-11(9,2)10(15)12(13,7-14)8-16-3/h9,14H,4-8H2,1-3H3/t9-,11+,12+/m0/s1. The molecule has 0 aromatic carbocycles. The Hall–Kier alpha value is -0.450. The summed E-state index contributed by atoms with van der Waals surface area (Å²) >= 11 is 0. The molecule has 0 radical (unpaired) electrons. The molecule has 0 aromatic heterocycles. The normalized spacial score (nSPS) is 47.4. The number of rotatable bonds is 3. The molecular weight excluding hydrogens is 206 g/mol. The van der Waals surface area contributed by atoms with Gasteiger partial charge in [0.15, 0.2) is 5.78 Å². The summed E-state index contributed by atoms with van der Waals surface area (Å²) in [6.45, 7) is 6.09. The average molecular weight is 227 g/mol. The van der Waals surface area contributed by atoms with Crippen molar-refractivity contribution in [2.45, 2.75) is 25.8 Å². The lowest BCUT2D eigenvalue weighted by atomic mass is 9.59. The average Bonchev–Trinajstić information content (AvgIpc) is 2.27. The van der Waals surface area contributed by atoms with E-state index in [0.29, 0.717) is 12.5 Å². The van der Waals surface area contributed by atoms with E-state index in [1.807, 2.05) is 6.92 Å². The van der Waals surface area contributed by atoms with Gasteiger partial charge in [-0.25, -0.2) is 0 Å². The zero-order valence-corrected chi connectivity index (χ0v) is 10.3. The monoisotopic (exact) mass is 227 g/mol. The Morgan fingerprint density at radius 3 is 2.81 bits per heavy atom. The molecule has 1 N–H and O–H groups in total. The van der Waals surface area contributed by atoms with E-state index < -0.39 is 5.54 Å². The number of aliphatic hydroxyl groups excluding tert-OH is 1. The van der Waals surface area contributed by atoms with Gasteiger partial charge in [0, 0.05) is 25.6 Å². The van der Waals surface area contributed by atoms with Crippen LogP contribution in [0, 0.1) is 11.3 Å². The molecule has 0 saturated carbocycles. The molecule has 3 aliphatic rings. The van der Waals surface area contributed by atoms with Crippen LogP contribution in [-0.4, -0.2) is 54.7 Å². The Kier molecular flexibility index (Phi) is 2.85. The highest BCUT2D eigenvalue weighted by atomic mass is 16.5. The number of hydrogen-bond donors (Lipinski definition) is 1. The van der Waals surface area contributed by atoms with Crippen LogP contribution in [0.4, 0.5) is 0 Å². The first-order valence-corrected chi connectivity index (χ1v) is 5.91. The molecule has 0 aromatic rings. The Bertz CT molecular complexity index is 307. The maximum Gasteiger partial charge on any atom is 0.164 e. The van der Waals surface area contributed by atoms with Crippen LogP contribution in [0.3, 0.4) is 0 Å². The van der Waals surface area contributed by atoms with Crippen LogP contribution < -0.4 is 0 Å². The van der Waals surface area contributed by atoms with Gasteiger partial charge in [0.25, 0.3) is 0 Å². The van der Waals surface area contributed by atoms with Gasteiger partial charge in [0.2, 0.25) is 0 Å². The van der Waals surface area contributed by atoms with Gasteiger partial charge < -0.3 is 9.84 Å². The van der Waals surface area contributed by atoms with Crippen molar-refractivity contribution in [2.24, 2.45) is 11.3 Å². The van der Waals surface area contributed by atoms with Gasteiger partial charge in [-0.15, -0.1) is 0 Å². The van der Waals surface area contributed by atoms with E-state index >= 15 is 0 Å². The Balaban J connectivity index is 2.39. The van der Waals surface area contributed by atoms with Crippen LogP contribution in [0.25, 0.3) is 0 Å². The van der Waals surface area contributed by atoms with Crippen molar-refractivity contribution in [2.75, 3.05) is 33.4 Å². The first-order valence-electron chi connectivity index (χ1n) is 5.91. The molecule has 4 nitrogen and oxygen atoms in total. The van der Waals surface area contributed by atoms with Gasteiger partial charge in [-0.1, -0.05) is 13.8 Å². The smallest absolute Gasteiger partial charge is 0.164 e. The van der Waals surface area contributed by atoms with E-state index in [9.17, 15) is 9.90 Å². The summed E-state index contributed by atoms with van der Waals surface area (Å²) < 4.78 is 5.16. The maximum atomic E-state index is 12.6. The summed E-state index contributed by atoms with van der Waals surface area (Å²) in [5.74, 6) is 0.527. The lowest BCUT2D eigenvalue weighted by Crippen LogP contribution is -2.74. The molecular formula is C12H21NO3. The van der Waals surface area contributed by atoms with Crippen molar-refractivity contribution in [1.29, 1.82) is 0 Å². The lowest BCUT2D eigenvalue weighted by Gasteiger charge is -2.59. The summed E-state index contributed by atoms with van der Waals surface area (Å²) in [6, 6.07) is 0. The second-order valence-electron chi connectivity index (χ2n) is 5.47. The van der Waals surface area contributed by atoms with Crippen LogP contribution >= 0.6 is 0 Å². The lowest BCUT2D eigenvalue weighted by molar-refractivity contribution is -0.177. The topological polar surface area (TPSA) is 49.8 Å². The van der Waals surface area contributed by atoms with Crippen molar-refractivity contribution >= 4 is 5.78 Å². The van der Waals surface area contributed by atoms with E-state index in [-0.39, 0.29) is 17.8 Å². The SMILES string of the molecule is COC[C@]1(CO)C(=O)[C@]2(C)CCN1C[C@@H]2C. The third-order valence-corrected chi connectivity index (χ3v) is 4.67. The van der Waals surface area contributed by atoms with Crippen LogP contribution in [0.15, 0.2) is 0 Å². The minimum atomic E-state index is -0.783. The molecule has 3 aliphatic heterocycles. The van der Waals surface area contributed by atoms with Gasteiger partial charge in [-0.3, -0.25) is 9.69 Å². The Labute approximate surface area is 96.6 Å². The fourth-order valence-corrected chi connectivity index (χ4v) is 3.25. The fraction of sp³-hybridized carbons (Fsp3) is 0.917. The molecule has 16 heavy (non-hydrogen) atoms. The highest BCUT2D eigenvalue weighted by molar-refractivity contribution is 5.95. The van der Waals surface area contributed by atoms with Crippen LogP contribution in [-0.2, 0) is 9.53 Å². The number of Topliss-reactive ketones (excluding diaryl/α,β-unsaturated/α-hetero) is 1. The van der Waals surface area contributed by atoms with Gasteiger partial charge >= 0.3 is 0 Å². The molecule has 4 heteroatoms. The molecule has 2 bridgehead atoms. The first kappa shape index (κ1) is 12.0. The number of fused-ring (bicyclic) bond motifs is 3. The molecule has 3 fully saturated rings. The van der Waals surface area contributed by atoms with Crippen LogP contribution in [0.1, 0.15) is 20.3 Å². The molecule has 3 saturated heterocycles. The number of piperidine rings is 3. The van der Waals surface area contributed by atoms with Crippen molar-refractivity contribution in [1.82, 2.24) is 4.90 Å². The number of carbonyl (C=O) groups is 1. The largest absolute Gasteiger partial charge is 0.394 e. The fourth-order valence-electron chi connectivity index (χ4n) is 3.25. The molecule has 0 amide bonds. The number of ketones is 1. The zero-order valence-electron chi connectivity index (χ0n) is 10.3. The first-order chi connectivity index (χ1) is 7.51. The van der Waals surface area contributed by atoms with Crippen LogP contribution in [0.2, 0.25) is 0 Å². The molecule has 4 atom stereocenters. The van der Waals surface area contributed by atoms with Gasteiger partial charge in [0.1, 0.15) is 5.54 Å². The summed E-state index contributed by atoms with van der Waals surface area (Å²) in [5, 5.41) is 9.62. The third kappa shape index (κ3) is 1.30. The van der Waals surface area contributed by atoms with E-state index in [4.69, 9.17) is 4.74 Å². The summed E-state index contributed by atoms with van der Waals surface area (Å²) in [7, 11) is 1.58. The molecule has 0 aliphatic carbocycles. The van der Waals surface area contributed by atoms with E-state index in [1.54, 1.807) is 7.11 Å². The molecule has 3 rings (SSSR count). The number of carbonyl (C=O) groups excluding carboxylic acids is 1. The zero-order chi connectivity index (χ0) is 12.0. The van der Waals surface area contributed by atoms with Gasteiger partial charge in [-0.05, 0) is 12.3 Å². The minimum absolute atomic E-state index is 0.137. The number of nitrogens with zero attached hydrogens (tertiary/aromatic N) is 1. The van der Waals surface area contributed by atoms with Crippen molar-refractivity contribution in [3.63, 3.8) is 0 Å². The Morgan fingerprint density at radius 2 is 2.31 bits per heavy atom. The van der Waals surface area contributed by atoms with Gasteiger partial charge in [0.05, 0.1) is 13.2 Å². The number of aliphatic hydroxyl groups is 1. The van der Waals surface area contributed by atoms with Gasteiger partial charge in [-0.2, -0.15) is 0 Å². The van der Waals surface area contributed by atoms with Crippen molar-refractivity contribution < 1.29 is 14.6 Å². The minimum Gasteiger partial charge on any atom is -0.394 e. The molecule has 3 heterocycles. The molecule has 1 unspecified atom stereocenters. The summed E-state index contributed by atoms with van der Waals surface area (Å²) in [5.41, 5.74) is -1.07. The van der Waals surface area contributed by atoms with Crippen molar-refractivity contribution in [3.8, 4) is 0 Å². The maximum absolute atomic E-state index is 12.6. The highest BCUT2D eigenvalue weighted by Crippen LogP contribution is 2.48. The second-order valence-corrected chi connectivity index (χ2v) is 5.47. The highest BCUT2D eigenvalue weighted by Gasteiger charge is 2.60. The number of methoxy groups -OCH3 is 1. The third-order valence-electron chi connectivity index (χ3n) is 4.67. The van der Waals surface area contributed by atoms with E-state index in [1.165, 1.54) is 0 Å². The number of ether oxygens (including phenoxy) is 1. The quantitative estimate of drug-likeness (QED) is 0.753. The molecule has 0 spiro atoms. The van der Waals surface area contributed by atoms with Crippen LogP contribution in [0.5, 0.6) is 0 Å². The second kappa shape index (κ2) is 3.79. The summed E-state index contributed by atoms with van der Waals surface area (Å²) in [6.07, 6.45) is 0.901. The molecule has 92 valence electrons. The predicted molar refractivity (Wildman–Crippen MR) is 60.2 cm³/mol. The summed E-state index contributed by atoms with van der Waals surface area (Å²) in [4.78, 5) is 14.7. The number of hydrogen-bond acceptors (Lipinski definition) is 4.